The molecule has 1 saturated heterocycles. The minimum Gasteiger partial charge on any atom is -0.274 e. The number of hydrogen-bond donors (Lipinski definition) is 0. The lowest BCUT2D eigenvalue weighted by atomic mass is 10.2. The van der Waals surface area contributed by atoms with E-state index in [0.29, 0.717) is 0 Å². The number of rotatable bonds is 1. The molecule has 6 heteroatoms. The van der Waals surface area contributed by atoms with E-state index in [2.05, 4.69) is 0 Å². The first-order valence-corrected chi connectivity index (χ1v) is 4.90. The van der Waals surface area contributed by atoms with E-state index in [1.165, 1.54) is 19.2 Å². The molecule has 88 valence electrons. The number of carbonyl (C=O) groups excluding carboxylic acids is 3. The highest BCUT2D eigenvalue weighted by atomic mass is 19.1. The second kappa shape index (κ2) is 3.97. The molecule has 0 aliphatic carbocycles. The molecular formula is C11H9FN2O3. The molecule has 0 radical (unpaired) electrons. The van der Waals surface area contributed by atoms with Crippen molar-refractivity contribution in [3.63, 3.8) is 0 Å². The monoisotopic (exact) mass is 236 g/mol. The Morgan fingerprint density at radius 1 is 1.06 bits per heavy atom. The van der Waals surface area contributed by atoms with E-state index in [-0.39, 0.29) is 12.1 Å². The van der Waals surface area contributed by atoms with Crippen molar-refractivity contribution in [1.82, 2.24) is 4.90 Å². The van der Waals surface area contributed by atoms with Crippen molar-refractivity contribution in [3.05, 3.63) is 30.1 Å². The summed E-state index contributed by atoms with van der Waals surface area (Å²) in [4.78, 5) is 36.3. The lowest BCUT2D eigenvalue weighted by molar-refractivity contribution is -0.133. The van der Waals surface area contributed by atoms with Gasteiger partial charge in [-0.3, -0.25) is 14.5 Å². The summed E-state index contributed by atoms with van der Waals surface area (Å²) < 4.78 is 12.7. The van der Waals surface area contributed by atoms with Crippen molar-refractivity contribution in [2.45, 2.75) is 6.42 Å². The molecule has 0 N–H and O–H groups in total. The first-order valence-electron chi connectivity index (χ1n) is 4.90. The van der Waals surface area contributed by atoms with E-state index in [1.807, 2.05) is 0 Å². The molecule has 1 aromatic carbocycles. The van der Waals surface area contributed by atoms with E-state index in [1.54, 1.807) is 0 Å². The van der Waals surface area contributed by atoms with Crippen molar-refractivity contribution in [3.8, 4) is 0 Å². The Kier molecular flexibility index (Phi) is 2.63. The Bertz CT molecular complexity index is 498. The zero-order valence-electron chi connectivity index (χ0n) is 9.01. The second-order valence-corrected chi connectivity index (χ2v) is 3.62. The standard InChI is InChI=1S/C11H9FN2O3/c1-13-9(15)6-10(16)14(11(13)17)8-4-2-7(12)3-5-8/h2-5H,6H2,1H3. The molecule has 1 aliphatic rings. The molecule has 1 aliphatic heterocycles. The van der Waals surface area contributed by atoms with Crippen molar-refractivity contribution < 1.29 is 18.8 Å². The van der Waals surface area contributed by atoms with Crippen LogP contribution in [-0.2, 0) is 9.59 Å². The normalized spacial score (nSPS) is 16.7. The third-order valence-corrected chi connectivity index (χ3v) is 2.49. The third-order valence-electron chi connectivity index (χ3n) is 2.49. The van der Waals surface area contributed by atoms with E-state index >= 15 is 0 Å². The van der Waals surface area contributed by atoms with Crippen molar-refractivity contribution in [2.24, 2.45) is 0 Å². The Morgan fingerprint density at radius 3 is 2.24 bits per heavy atom. The van der Waals surface area contributed by atoms with Crippen LogP contribution < -0.4 is 4.90 Å². The van der Waals surface area contributed by atoms with E-state index < -0.39 is 23.7 Å². The van der Waals surface area contributed by atoms with Crippen molar-refractivity contribution in [2.75, 3.05) is 11.9 Å². The van der Waals surface area contributed by atoms with Gasteiger partial charge in [-0.2, -0.15) is 0 Å². The number of imide groups is 2. The fraction of sp³-hybridized carbons (Fsp3) is 0.182. The molecule has 5 nitrogen and oxygen atoms in total. The predicted octanol–water partition coefficient (Wildman–Crippen LogP) is 1.14. The first-order chi connectivity index (χ1) is 8.00. The summed E-state index contributed by atoms with van der Waals surface area (Å²) in [6.45, 7) is 0. The highest BCUT2D eigenvalue weighted by Gasteiger charge is 2.36. The summed E-state index contributed by atoms with van der Waals surface area (Å²) in [5, 5.41) is 0. The zero-order chi connectivity index (χ0) is 12.6. The molecule has 1 heterocycles. The molecule has 0 unspecified atom stereocenters. The van der Waals surface area contributed by atoms with Gasteiger partial charge in [-0.1, -0.05) is 0 Å². The van der Waals surface area contributed by atoms with Gasteiger partial charge in [0.1, 0.15) is 12.2 Å². The van der Waals surface area contributed by atoms with E-state index in [0.717, 1.165) is 21.9 Å². The van der Waals surface area contributed by atoms with Crippen LogP contribution in [0.15, 0.2) is 24.3 Å². The second-order valence-electron chi connectivity index (χ2n) is 3.62. The van der Waals surface area contributed by atoms with Crippen molar-refractivity contribution in [1.29, 1.82) is 0 Å². The van der Waals surface area contributed by atoms with Crippen LogP contribution in [0.25, 0.3) is 0 Å². The van der Waals surface area contributed by atoms with Crippen LogP contribution in [0.5, 0.6) is 0 Å². The quantitative estimate of drug-likeness (QED) is 0.687. The first kappa shape index (κ1) is 11.3. The van der Waals surface area contributed by atoms with Crippen LogP contribution in [0.4, 0.5) is 14.9 Å². The van der Waals surface area contributed by atoms with E-state index in [4.69, 9.17) is 0 Å². The Labute approximate surface area is 96.4 Å². The SMILES string of the molecule is CN1C(=O)CC(=O)N(c2ccc(F)cc2)C1=O. The molecule has 0 aromatic heterocycles. The summed E-state index contributed by atoms with van der Waals surface area (Å²) in [6.07, 6.45) is -0.361. The van der Waals surface area contributed by atoms with Gasteiger partial charge in [0, 0.05) is 7.05 Å². The van der Waals surface area contributed by atoms with Gasteiger partial charge >= 0.3 is 6.03 Å². The molecule has 0 bridgehead atoms. The molecule has 17 heavy (non-hydrogen) atoms. The van der Waals surface area contributed by atoms with E-state index in [9.17, 15) is 18.8 Å². The van der Waals surface area contributed by atoms with Gasteiger partial charge in [-0.25, -0.2) is 14.1 Å². The summed E-state index contributed by atoms with van der Waals surface area (Å²) in [5.41, 5.74) is 0.251. The Balaban J connectivity index is 2.37. The molecular weight excluding hydrogens is 227 g/mol. The Morgan fingerprint density at radius 2 is 1.65 bits per heavy atom. The number of anilines is 1. The summed E-state index contributed by atoms with van der Waals surface area (Å²) >= 11 is 0. The smallest absolute Gasteiger partial charge is 0.274 e. The highest BCUT2D eigenvalue weighted by Crippen LogP contribution is 2.21. The maximum absolute atomic E-state index is 12.7. The van der Waals surface area contributed by atoms with Crippen LogP contribution in [0.2, 0.25) is 0 Å². The molecule has 0 saturated carbocycles. The van der Waals surface area contributed by atoms with Gasteiger partial charge in [0.15, 0.2) is 0 Å². The van der Waals surface area contributed by atoms with Gasteiger partial charge in [-0.05, 0) is 24.3 Å². The number of hydrogen-bond acceptors (Lipinski definition) is 3. The topological polar surface area (TPSA) is 57.7 Å². The largest absolute Gasteiger partial charge is 0.337 e. The van der Waals surface area contributed by atoms with Gasteiger partial charge in [0.05, 0.1) is 5.69 Å². The Hall–Kier alpha value is -2.24. The number of amides is 4. The summed E-state index contributed by atoms with van der Waals surface area (Å²) in [6, 6.07) is 4.19. The highest BCUT2D eigenvalue weighted by molar-refractivity contribution is 6.25. The average Bonchev–Trinajstić information content (AvgIpc) is 2.29. The van der Waals surface area contributed by atoms with Crippen LogP contribution in [0.1, 0.15) is 6.42 Å². The van der Waals surface area contributed by atoms with Gasteiger partial charge < -0.3 is 0 Å². The zero-order valence-corrected chi connectivity index (χ0v) is 9.01. The molecule has 2 rings (SSSR count). The maximum atomic E-state index is 12.7. The predicted molar refractivity (Wildman–Crippen MR) is 56.7 cm³/mol. The number of barbiturate groups is 1. The van der Waals surface area contributed by atoms with Crippen LogP contribution in [-0.4, -0.2) is 29.8 Å². The number of benzene rings is 1. The summed E-state index contributed by atoms with van der Waals surface area (Å²) in [7, 11) is 1.30. The van der Waals surface area contributed by atoms with Crippen LogP contribution >= 0.6 is 0 Å². The van der Waals surface area contributed by atoms with Gasteiger partial charge in [0.25, 0.3) is 0 Å². The third kappa shape index (κ3) is 1.89. The minimum atomic E-state index is -0.724. The summed E-state index contributed by atoms with van der Waals surface area (Å²) in [5.74, 6) is -1.61. The van der Waals surface area contributed by atoms with Crippen molar-refractivity contribution >= 4 is 23.5 Å². The van der Waals surface area contributed by atoms with Gasteiger partial charge in [-0.15, -0.1) is 0 Å². The lowest BCUT2D eigenvalue weighted by Crippen LogP contribution is -2.53. The minimum absolute atomic E-state index is 0.251. The fourth-order valence-electron chi connectivity index (χ4n) is 1.53. The van der Waals surface area contributed by atoms with Crippen LogP contribution in [0, 0.1) is 5.82 Å². The number of nitrogens with zero attached hydrogens (tertiary/aromatic N) is 2. The molecule has 0 spiro atoms. The van der Waals surface area contributed by atoms with Crippen LogP contribution in [0.3, 0.4) is 0 Å². The molecule has 1 aromatic rings. The maximum Gasteiger partial charge on any atom is 0.337 e. The molecule has 1 fully saturated rings. The molecule has 0 atom stereocenters. The molecule has 4 amide bonds. The number of urea groups is 1. The van der Waals surface area contributed by atoms with Gasteiger partial charge in [0.2, 0.25) is 11.8 Å². The number of halogens is 1. The average molecular weight is 236 g/mol. The fourth-order valence-corrected chi connectivity index (χ4v) is 1.53. The lowest BCUT2D eigenvalue weighted by Gasteiger charge is -2.30. The number of carbonyl (C=O) groups is 3.